The number of pyridine rings is 2. The number of carbonyl (C=O) groups is 3. The zero-order valence-corrected chi connectivity index (χ0v) is 28.8. The van der Waals surface area contributed by atoms with Gasteiger partial charge >= 0.3 is 17.9 Å². The van der Waals surface area contributed by atoms with E-state index in [0.717, 1.165) is 38.9 Å². The van der Waals surface area contributed by atoms with Crippen LogP contribution in [0.1, 0.15) is 38.2 Å². The van der Waals surface area contributed by atoms with E-state index in [1.54, 1.807) is 30.6 Å². The molecule has 0 spiro atoms. The van der Waals surface area contributed by atoms with Crippen molar-refractivity contribution in [2.75, 3.05) is 31.8 Å². The van der Waals surface area contributed by atoms with E-state index in [4.69, 9.17) is 18.9 Å². The summed E-state index contributed by atoms with van der Waals surface area (Å²) >= 11 is 2.94. The number of benzene rings is 2. The van der Waals surface area contributed by atoms with E-state index in [9.17, 15) is 14.4 Å². The van der Waals surface area contributed by atoms with Crippen LogP contribution in [0.5, 0.6) is 5.75 Å². The van der Waals surface area contributed by atoms with Gasteiger partial charge in [0.2, 0.25) is 0 Å². The number of nitrogens with zero attached hydrogens (tertiary/aromatic N) is 2. The van der Waals surface area contributed by atoms with Crippen molar-refractivity contribution in [3.63, 3.8) is 0 Å². The normalized spacial score (nSPS) is 9.94. The Labute approximate surface area is 299 Å². The summed E-state index contributed by atoms with van der Waals surface area (Å²) in [6.07, 6.45) is 5.63. The number of aromatic nitrogens is 2. The van der Waals surface area contributed by atoms with E-state index < -0.39 is 17.9 Å². The van der Waals surface area contributed by atoms with Crippen molar-refractivity contribution in [1.29, 1.82) is 0 Å². The minimum Gasteiger partial charge on any atom is -0.488 e. The minimum absolute atomic E-state index is 0.227. The van der Waals surface area contributed by atoms with Gasteiger partial charge in [0.05, 0.1) is 17.2 Å². The molecule has 0 saturated heterocycles. The molecule has 50 heavy (non-hydrogen) atoms. The van der Waals surface area contributed by atoms with Crippen LogP contribution in [0, 0.1) is 23.7 Å². The maximum absolute atomic E-state index is 12.6. The lowest BCUT2D eigenvalue weighted by Crippen LogP contribution is -2.06. The molecule has 0 radical (unpaired) electrons. The SMILES string of the molecule is C=CC(=O)OCCSc1ccc(C#Cc2ccc(COc3ccc(C#Cc4ccc(SCCOC(=O)C=C)nc4)cc3C(=O)OC)cc2)cn1. The van der Waals surface area contributed by atoms with Crippen molar-refractivity contribution < 1.29 is 33.3 Å². The number of thioether (sulfide) groups is 2. The van der Waals surface area contributed by atoms with Crippen molar-refractivity contribution in [3.8, 4) is 29.4 Å². The zero-order chi connectivity index (χ0) is 35.6. The number of hydrogen-bond acceptors (Lipinski definition) is 11. The van der Waals surface area contributed by atoms with E-state index in [-0.39, 0.29) is 25.4 Å². The number of carbonyl (C=O) groups excluding carboxylic acids is 3. The molecule has 4 rings (SSSR count). The van der Waals surface area contributed by atoms with Crippen LogP contribution < -0.4 is 4.74 Å². The van der Waals surface area contributed by atoms with Gasteiger partial charge in [0, 0.05) is 58.3 Å². The third kappa shape index (κ3) is 12.4. The Morgan fingerprint density at radius 1 is 0.700 bits per heavy atom. The van der Waals surface area contributed by atoms with E-state index in [1.165, 1.54) is 30.6 Å². The van der Waals surface area contributed by atoms with E-state index in [0.29, 0.717) is 28.4 Å². The van der Waals surface area contributed by atoms with E-state index in [1.807, 2.05) is 48.5 Å². The lowest BCUT2D eigenvalue weighted by molar-refractivity contribution is -0.138. The van der Waals surface area contributed by atoms with Crippen molar-refractivity contribution in [2.45, 2.75) is 16.7 Å². The first-order chi connectivity index (χ1) is 24.4. The number of hydrogen-bond donors (Lipinski definition) is 0. The number of esters is 3. The summed E-state index contributed by atoms with van der Waals surface area (Å²) in [5.41, 5.74) is 4.06. The van der Waals surface area contributed by atoms with Gasteiger partial charge in [0.25, 0.3) is 0 Å². The smallest absolute Gasteiger partial charge is 0.341 e. The highest BCUT2D eigenvalue weighted by Gasteiger charge is 2.14. The first kappa shape index (κ1) is 37.1. The summed E-state index contributed by atoms with van der Waals surface area (Å²) in [4.78, 5) is 43.6. The molecule has 0 aliphatic carbocycles. The molecule has 4 aromatic rings. The molecule has 252 valence electrons. The van der Waals surface area contributed by atoms with Gasteiger partial charge in [-0.1, -0.05) is 49.0 Å². The molecule has 2 aromatic heterocycles. The highest BCUT2D eigenvalue weighted by Crippen LogP contribution is 2.23. The number of rotatable bonds is 14. The van der Waals surface area contributed by atoms with Crippen molar-refractivity contribution in [1.82, 2.24) is 9.97 Å². The molecule has 0 atom stereocenters. The summed E-state index contributed by atoms with van der Waals surface area (Å²) in [5.74, 6) is 12.5. The Hall–Kier alpha value is -5.75. The predicted octanol–water partition coefficient (Wildman–Crippen LogP) is 6.28. The molecule has 2 heterocycles. The fourth-order valence-corrected chi connectivity index (χ4v) is 5.25. The quantitative estimate of drug-likeness (QED) is 0.0369. The Balaban J connectivity index is 1.30. The highest BCUT2D eigenvalue weighted by atomic mass is 32.2. The van der Waals surface area contributed by atoms with Crippen LogP contribution in [0.4, 0.5) is 0 Å². The number of methoxy groups -OCH3 is 1. The van der Waals surface area contributed by atoms with Gasteiger partial charge in [-0.25, -0.2) is 24.4 Å². The summed E-state index contributed by atoms with van der Waals surface area (Å²) in [5, 5.41) is 1.59. The average Bonchev–Trinajstić information content (AvgIpc) is 3.16. The van der Waals surface area contributed by atoms with Crippen LogP contribution in [0.3, 0.4) is 0 Å². The maximum Gasteiger partial charge on any atom is 0.341 e. The second-order valence-corrected chi connectivity index (χ2v) is 12.1. The predicted molar refractivity (Wildman–Crippen MR) is 193 cm³/mol. The molecule has 9 nitrogen and oxygen atoms in total. The largest absolute Gasteiger partial charge is 0.488 e. The maximum atomic E-state index is 12.6. The molecule has 11 heteroatoms. The molecule has 2 aromatic carbocycles. The molecule has 0 amide bonds. The molecular weight excluding hydrogens is 673 g/mol. The van der Waals surface area contributed by atoms with Gasteiger partial charge in [0.15, 0.2) is 0 Å². The molecule has 0 fully saturated rings. The fourth-order valence-electron chi connectivity index (χ4n) is 3.91. The number of ether oxygens (including phenoxy) is 4. The van der Waals surface area contributed by atoms with Crippen LogP contribution in [-0.2, 0) is 30.4 Å². The lowest BCUT2D eigenvalue weighted by atomic mass is 10.1. The van der Waals surface area contributed by atoms with Crippen molar-refractivity contribution in [2.24, 2.45) is 0 Å². The molecule has 0 saturated carbocycles. The van der Waals surface area contributed by atoms with Gasteiger partial charge in [-0.15, -0.1) is 23.5 Å². The van der Waals surface area contributed by atoms with Gasteiger partial charge < -0.3 is 18.9 Å². The topological polar surface area (TPSA) is 114 Å². The summed E-state index contributed by atoms with van der Waals surface area (Å²) < 4.78 is 20.9. The molecule has 0 aliphatic rings. The molecule has 0 unspecified atom stereocenters. The van der Waals surface area contributed by atoms with Crippen LogP contribution >= 0.6 is 23.5 Å². The van der Waals surface area contributed by atoms with E-state index >= 15 is 0 Å². The van der Waals surface area contributed by atoms with Gasteiger partial charge in [-0.3, -0.25) is 0 Å². The lowest BCUT2D eigenvalue weighted by Gasteiger charge is -2.11. The molecular formula is C39H32N2O7S2. The average molecular weight is 705 g/mol. The molecule has 0 aliphatic heterocycles. The third-order valence-electron chi connectivity index (χ3n) is 6.40. The van der Waals surface area contributed by atoms with Crippen LogP contribution in [0.2, 0.25) is 0 Å². The third-order valence-corrected chi connectivity index (χ3v) is 8.21. The summed E-state index contributed by atoms with van der Waals surface area (Å²) in [7, 11) is 1.31. The molecule has 0 bridgehead atoms. The van der Waals surface area contributed by atoms with Crippen molar-refractivity contribution >= 4 is 41.4 Å². The standard InChI is InChI=1S/C39H32N2O7S2/c1-4-37(42)46-20-22-49-35-18-15-30(25-40-35)10-6-28-7-12-32(13-8-28)27-48-34-17-14-29(24-33(34)39(44)45-3)9-11-31-16-19-36(41-26-31)50-23-21-47-38(43)5-2/h4-5,7-8,12-19,24-26H,1-2,20-23,27H2,3H3. The first-order valence-electron chi connectivity index (χ1n) is 15.1. The van der Waals surface area contributed by atoms with Crippen LogP contribution in [-0.4, -0.2) is 59.7 Å². The first-order valence-corrected chi connectivity index (χ1v) is 17.1. The minimum atomic E-state index is -0.536. The fraction of sp³-hybridized carbons (Fsp3) is 0.154. The Morgan fingerprint density at radius 2 is 1.20 bits per heavy atom. The second kappa shape index (κ2) is 19.9. The van der Waals surface area contributed by atoms with Gasteiger partial charge in [-0.2, -0.15) is 0 Å². The van der Waals surface area contributed by atoms with Crippen LogP contribution in [0.25, 0.3) is 0 Å². The summed E-state index contributed by atoms with van der Waals surface area (Å²) in [6.45, 7) is 7.51. The zero-order valence-electron chi connectivity index (χ0n) is 27.2. The highest BCUT2D eigenvalue weighted by molar-refractivity contribution is 7.99. The Kier molecular flexibility index (Phi) is 14.8. The second-order valence-electron chi connectivity index (χ2n) is 9.90. The Bertz CT molecular complexity index is 1940. The van der Waals surface area contributed by atoms with E-state index in [2.05, 4.69) is 46.8 Å². The van der Waals surface area contributed by atoms with Crippen LogP contribution in [0.15, 0.2) is 114 Å². The van der Waals surface area contributed by atoms with Crippen molar-refractivity contribution in [3.05, 3.63) is 138 Å². The Morgan fingerprint density at radius 3 is 1.70 bits per heavy atom. The molecule has 0 N–H and O–H groups in total. The summed E-state index contributed by atoms with van der Waals surface area (Å²) in [6, 6.07) is 20.2. The van der Waals surface area contributed by atoms with Gasteiger partial charge in [0.1, 0.15) is 31.1 Å². The van der Waals surface area contributed by atoms with Gasteiger partial charge in [-0.05, 0) is 60.2 Å². The monoisotopic (exact) mass is 704 g/mol.